The number of piperidine rings is 1. The van der Waals surface area contributed by atoms with Crippen LogP contribution in [-0.2, 0) is 0 Å². The van der Waals surface area contributed by atoms with E-state index in [9.17, 15) is 0 Å². The third-order valence-corrected chi connectivity index (χ3v) is 6.72. The fourth-order valence-corrected chi connectivity index (χ4v) is 5.10. The monoisotopic (exact) mass is 373 g/mol. The molecular formula is C23H23N3S. The Labute approximate surface area is 163 Å². The number of aromatic nitrogens is 2. The molecule has 3 aromatic carbocycles. The van der Waals surface area contributed by atoms with Crippen molar-refractivity contribution < 1.29 is 0 Å². The topological polar surface area (TPSA) is 31.9 Å². The van der Waals surface area contributed by atoms with Crippen molar-refractivity contribution in [2.75, 3.05) is 20.1 Å². The smallest absolute Gasteiger partial charge is 0.0924 e. The molecule has 4 heteroatoms. The standard InChI is InChI=1S/C23H23N3S/c1-26-13-11-17(12-14-26)23-20-15-18(9-10-21(20)24-25-23)27-22-8-4-6-16-5-2-3-7-19(16)22/h2-10,15,17H,11-14H2,1H3,(H,24,25). The Morgan fingerprint density at radius 3 is 2.67 bits per heavy atom. The predicted molar refractivity (Wildman–Crippen MR) is 114 cm³/mol. The zero-order valence-electron chi connectivity index (χ0n) is 15.5. The molecule has 0 amide bonds. The molecule has 0 atom stereocenters. The number of aromatic amines is 1. The Bertz CT molecular complexity index is 1090. The minimum Gasteiger partial charge on any atom is -0.306 e. The Balaban J connectivity index is 1.50. The van der Waals surface area contributed by atoms with E-state index in [0.717, 1.165) is 18.6 Å². The number of nitrogens with zero attached hydrogens (tertiary/aromatic N) is 2. The lowest BCUT2D eigenvalue weighted by Gasteiger charge is -2.28. The summed E-state index contributed by atoms with van der Waals surface area (Å²) in [6.07, 6.45) is 2.41. The highest BCUT2D eigenvalue weighted by molar-refractivity contribution is 7.99. The van der Waals surface area contributed by atoms with Gasteiger partial charge < -0.3 is 4.90 Å². The average Bonchev–Trinajstić information content (AvgIpc) is 3.12. The summed E-state index contributed by atoms with van der Waals surface area (Å²) >= 11 is 1.84. The van der Waals surface area contributed by atoms with E-state index in [1.165, 1.54) is 44.5 Å². The molecule has 0 spiro atoms. The van der Waals surface area contributed by atoms with E-state index >= 15 is 0 Å². The molecular weight excluding hydrogens is 350 g/mol. The van der Waals surface area contributed by atoms with E-state index < -0.39 is 0 Å². The quantitative estimate of drug-likeness (QED) is 0.502. The van der Waals surface area contributed by atoms with Gasteiger partial charge in [0.1, 0.15) is 0 Å². The van der Waals surface area contributed by atoms with Crippen LogP contribution in [0.1, 0.15) is 24.5 Å². The van der Waals surface area contributed by atoms with Gasteiger partial charge in [-0.1, -0.05) is 48.2 Å². The summed E-state index contributed by atoms with van der Waals surface area (Å²) in [4.78, 5) is 4.99. The number of likely N-dealkylation sites (tertiary alicyclic amines) is 1. The lowest BCUT2D eigenvalue weighted by molar-refractivity contribution is 0.254. The zero-order chi connectivity index (χ0) is 18.2. The first-order valence-electron chi connectivity index (χ1n) is 9.60. The van der Waals surface area contributed by atoms with Crippen LogP contribution in [0.2, 0.25) is 0 Å². The molecule has 0 unspecified atom stereocenters. The first-order chi connectivity index (χ1) is 13.3. The van der Waals surface area contributed by atoms with E-state index in [-0.39, 0.29) is 0 Å². The van der Waals surface area contributed by atoms with E-state index in [2.05, 4.69) is 82.8 Å². The Morgan fingerprint density at radius 1 is 0.963 bits per heavy atom. The molecule has 0 radical (unpaired) electrons. The van der Waals surface area contributed by atoms with Gasteiger partial charge in [-0.25, -0.2) is 0 Å². The number of hydrogen-bond acceptors (Lipinski definition) is 3. The van der Waals surface area contributed by atoms with Gasteiger partial charge in [0.15, 0.2) is 0 Å². The van der Waals surface area contributed by atoms with Gasteiger partial charge in [-0.15, -0.1) is 0 Å². The molecule has 27 heavy (non-hydrogen) atoms. The summed E-state index contributed by atoms with van der Waals surface area (Å²) in [5.41, 5.74) is 2.39. The second-order valence-corrected chi connectivity index (χ2v) is 8.59. The maximum Gasteiger partial charge on any atom is 0.0924 e. The van der Waals surface area contributed by atoms with Crippen LogP contribution < -0.4 is 0 Å². The second-order valence-electron chi connectivity index (χ2n) is 7.47. The van der Waals surface area contributed by atoms with Crippen LogP contribution in [0.3, 0.4) is 0 Å². The number of benzene rings is 3. The highest BCUT2D eigenvalue weighted by Crippen LogP contribution is 2.37. The van der Waals surface area contributed by atoms with Crippen molar-refractivity contribution in [1.82, 2.24) is 15.1 Å². The first kappa shape index (κ1) is 16.8. The van der Waals surface area contributed by atoms with Crippen molar-refractivity contribution in [3.05, 3.63) is 66.4 Å². The van der Waals surface area contributed by atoms with Crippen molar-refractivity contribution in [2.45, 2.75) is 28.6 Å². The van der Waals surface area contributed by atoms with Crippen LogP contribution in [0.5, 0.6) is 0 Å². The fourth-order valence-electron chi connectivity index (χ4n) is 4.09. The number of rotatable bonds is 3. The van der Waals surface area contributed by atoms with Crippen molar-refractivity contribution in [2.24, 2.45) is 0 Å². The Morgan fingerprint density at radius 2 is 1.78 bits per heavy atom. The number of H-pyrrole nitrogens is 1. The van der Waals surface area contributed by atoms with Crippen LogP contribution >= 0.6 is 11.8 Å². The number of fused-ring (bicyclic) bond motifs is 2. The van der Waals surface area contributed by atoms with Gasteiger partial charge in [-0.05, 0) is 68.0 Å². The average molecular weight is 374 g/mol. The van der Waals surface area contributed by atoms with E-state index in [1.807, 2.05) is 11.8 Å². The molecule has 0 aliphatic carbocycles. The summed E-state index contributed by atoms with van der Waals surface area (Å²) in [5, 5.41) is 11.8. The number of nitrogens with one attached hydrogen (secondary N) is 1. The molecule has 1 aliphatic rings. The molecule has 2 heterocycles. The van der Waals surface area contributed by atoms with Crippen LogP contribution in [0.25, 0.3) is 21.7 Å². The highest BCUT2D eigenvalue weighted by Gasteiger charge is 2.22. The molecule has 136 valence electrons. The SMILES string of the molecule is CN1CCC(c2[nH]nc3ccc(Sc4cccc5ccccc45)cc23)CC1. The summed E-state index contributed by atoms with van der Waals surface area (Å²) in [5.74, 6) is 0.587. The maximum absolute atomic E-state index is 4.56. The largest absolute Gasteiger partial charge is 0.306 e. The zero-order valence-corrected chi connectivity index (χ0v) is 16.3. The molecule has 1 fully saturated rings. The van der Waals surface area contributed by atoms with Gasteiger partial charge in [-0.2, -0.15) is 5.10 Å². The molecule has 0 bridgehead atoms. The Kier molecular flexibility index (Phi) is 4.38. The van der Waals surface area contributed by atoms with Crippen LogP contribution in [0.4, 0.5) is 0 Å². The lowest BCUT2D eigenvalue weighted by Crippen LogP contribution is -2.29. The van der Waals surface area contributed by atoms with E-state index in [4.69, 9.17) is 0 Å². The fraction of sp³-hybridized carbons (Fsp3) is 0.261. The maximum atomic E-state index is 4.56. The van der Waals surface area contributed by atoms with E-state index in [0.29, 0.717) is 5.92 Å². The van der Waals surface area contributed by atoms with Crippen LogP contribution in [-0.4, -0.2) is 35.2 Å². The summed E-state index contributed by atoms with van der Waals surface area (Å²) < 4.78 is 0. The van der Waals surface area contributed by atoms with Gasteiger partial charge in [0.2, 0.25) is 0 Å². The molecule has 1 saturated heterocycles. The van der Waals surface area contributed by atoms with Gasteiger partial charge in [-0.3, -0.25) is 5.10 Å². The van der Waals surface area contributed by atoms with Crippen LogP contribution in [0, 0.1) is 0 Å². The van der Waals surface area contributed by atoms with Crippen molar-refractivity contribution in [1.29, 1.82) is 0 Å². The molecule has 5 rings (SSSR count). The minimum atomic E-state index is 0.587. The number of hydrogen-bond donors (Lipinski definition) is 1. The van der Waals surface area contributed by atoms with Gasteiger partial charge >= 0.3 is 0 Å². The third kappa shape index (κ3) is 3.24. The minimum absolute atomic E-state index is 0.587. The first-order valence-corrected chi connectivity index (χ1v) is 10.4. The van der Waals surface area contributed by atoms with Crippen LogP contribution in [0.15, 0.2) is 70.5 Å². The van der Waals surface area contributed by atoms with Crippen molar-refractivity contribution in [3.8, 4) is 0 Å². The Hall–Kier alpha value is -2.30. The second kappa shape index (κ2) is 7.02. The summed E-state index contributed by atoms with van der Waals surface area (Å²) in [6.45, 7) is 2.32. The van der Waals surface area contributed by atoms with Crippen molar-refractivity contribution >= 4 is 33.4 Å². The van der Waals surface area contributed by atoms with E-state index in [1.54, 1.807) is 0 Å². The molecule has 1 aromatic heterocycles. The van der Waals surface area contributed by atoms with Gasteiger partial charge in [0.05, 0.1) is 5.52 Å². The molecule has 1 N–H and O–H groups in total. The molecule has 0 saturated carbocycles. The highest BCUT2D eigenvalue weighted by atomic mass is 32.2. The summed E-state index contributed by atoms with van der Waals surface area (Å²) in [6, 6.07) is 21.8. The predicted octanol–water partition coefficient (Wildman–Crippen LogP) is 5.68. The molecule has 1 aliphatic heterocycles. The third-order valence-electron chi connectivity index (χ3n) is 5.66. The normalized spacial score (nSPS) is 16.3. The van der Waals surface area contributed by atoms with Gasteiger partial charge in [0.25, 0.3) is 0 Å². The van der Waals surface area contributed by atoms with Gasteiger partial charge in [0, 0.05) is 26.8 Å². The summed E-state index contributed by atoms with van der Waals surface area (Å²) in [7, 11) is 2.21. The van der Waals surface area contributed by atoms with Crippen molar-refractivity contribution in [3.63, 3.8) is 0 Å². The molecule has 3 nitrogen and oxygen atoms in total. The lowest BCUT2D eigenvalue weighted by atomic mass is 9.92. The molecule has 4 aromatic rings.